The summed E-state index contributed by atoms with van der Waals surface area (Å²) < 4.78 is 1.84. The molecule has 2 aliphatic heterocycles. The van der Waals surface area contributed by atoms with Crippen LogP contribution in [0.2, 0.25) is 10.0 Å². The molecule has 2 amide bonds. The van der Waals surface area contributed by atoms with Gasteiger partial charge in [0.2, 0.25) is 0 Å². The number of amides is 2. The molecule has 3 atom stereocenters. The first-order valence-corrected chi connectivity index (χ1v) is 12.4. The summed E-state index contributed by atoms with van der Waals surface area (Å²) in [5, 5.41) is 5.54. The van der Waals surface area contributed by atoms with Gasteiger partial charge in [-0.25, -0.2) is 9.97 Å². The van der Waals surface area contributed by atoms with Crippen molar-refractivity contribution in [1.29, 1.82) is 0 Å². The van der Waals surface area contributed by atoms with Gasteiger partial charge in [0.1, 0.15) is 11.5 Å². The van der Waals surface area contributed by atoms with Crippen molar-refractivity contribution in [1.82, 2.24) is 29.5 Å². The molecule has 0 N–H and O–H groups in total. The van der Waals surface area contributed by atoms with Gasteiger partial charge >= 0.3 is 0 Å². The van der Waals surface area contributed by atoms with Crippen LogP contribution in [-0.4, -0.2) is 53.9 Å². The van der Waals surface area contributed by atoms with Crippen molar-refractivity contribution in [3.05, 3.63) is 74.5 Å². The smallest absolute Gasteiger partial charge is 0.273 e. The summed E-state index contributed by atoms with van der Waals surface area (Å²) in [6.45, 7) is 8.70. The van der Waals surface area contributed by atoms with Gasteiger partial charge in [0.05, 0.1) is 34.4 Å². The molecule has 1 aromatic carbocycles. The lowest BCUT2D eigenvalue weighted by Gasteiger charge is -2.37. The number of aryl methyl sites for hydroxylation is 1. The molecule has 5 rings (SSSR count). The molecule has 0 radical (unpaired) electrons. The lowest BCUT2D eigenvalue weighted by Crippen LogP contribution is -2.45. The summed E-state index contributed by atoms with van der Waals surface area (Å²) in [5.41, 5.74) is 3.58. The Morgan fingerprint density at radius 1 is 1.11 bits per heavy atom. The lowest BCUT2D eigenvalue weighted by atomic mass is 9.97. The van der Waals surface area contributed by atoms with Crippen LogP contribution in [0.4, 0.5) is 0 Å². The van der Waals surface area contributed by atoms with Gasteiger partial charge in [0.25, 0.3) is 11.8 Å². The minimum absolute atomic E-state index is 0.00311. The van der Waals surface area contributed by atoms with Crippen LogP contribution in [0.5, 0.6) is 0 Å². The second-order valence-electron chi connectivity index (χ2n) is 9.38. The van der Waals surface area contributed by atoms with E-state index in [1.165, 1.54) is 0 Å². The van der Waals surface area contributed by atoms with Gasteiger partial charge in [-0.15, -0.1) is 0 Å². The van der Waals surface area contributed by atoms with E-state index in [1.807, 2.05) is 30.4 Å². The maximum atomic E-state index is 13.8. The van der Waals surface area contributed by atoms with Crippen LogP contribution in [0.3, 0.4) is 0 Å². The largest absolute Gasteiger partial charge is 0.331 e. The Morgan fingerprint density at radius 2 is 1.83 bits per heavy atom. The highest BCUT2D eigenvalue weighted by atomic mass is 35.5. The summed E-state index contributed by atoms with van der Waals surface area (Å²) in [6, 6.07) is 4.61. The minimum atomic E-state index is -0.193. The van der Waals surface area contributed by atoms with Crippen LogP contribution in [0.1, 0.15) is 76.3 Å². The number of hydrogen-bond acceptors (Lipinski definition) is 5. The van der Waals surface area contributed by atoms with Gasteiger partial charge in [-0.1, -0.05) is 23.2 Å². The molecule has 0 fully saturated rings. The summed E-state index contributed by atoms with van der Waals surface area (Å²) >= 11 is 12.2. The molecule has 2 aliphatic rings. The number of benzene rings is 1. The van der Waals surface area contributed by atoms with Gasteiger partial charge < -0.3 is 9.80 Å². The van der Waals surface area contributed by atoms with E-state index in [0.29, 0.717) is 46.6 Å². The summed E-state index contributed by atoms with van der Waals surface area (Å²) in [6.07, 6.45) is 4.11. The van der Waals surface area contributed by atoms with Gasteiger partial charge in [0, 0.05) is 48.1 Å². The number of rotatable bonds is 3. The van der Waals surface area contributed by atoms with Crippen molar-refractivity contribution in [2.45, 2.75) is 58.8 Å². The third kappa shape index (κ3) is 4.08. The van der Waals surface area contributed by atoms with E-state index in [4.69, 9.17) is 28.3 Å². The number of aromatic nitrogens is 4. The average Bonchev–Trinajstić information content (AvgIpc) is 3.21. The Balaban J connectivity index is 1.48. The monoisotopic (exact) mass is 512 g/mol. The standard InChI is InChI=1S/C25H26Cl2N6O2/c1-13-7-22-19(12-31(13)24(34)17-5-6-20(26)21(27)8-17)23-25(35)32(11-14(2)33(23)30-22)15(3)18-9-28-16(4)29-10-18/h5-6,8-10,13-15H,7,11-12H2,1-4H3/t13-,14-,15+/m1/s1. The fourth-order valence-corrected chi connectivity index (χ4v) is 5.19. The summed E-state index contributed by atoms with van der Waals surface area (Å²) in [7, 11) is 0. The van der Waals surface area contributed by atoms with Crippen molar-refractivity contribution >= 4 is 35.0 Å². The molecular formula is C25H26Cl2N6O2. The van der Waals surface area contributed by atoms with Crippen LogP contribution in [-0.2, 0) is 13.0 Å². The zero-order chi connectivity index (χ0) is 25.0. The van der Waals surface area contributed by atoms with Gasteiger partial charge in [-0.05, 0) is 45.9 Å². The quantitative estimate of drug-likeness (QED) is 0.509. The summed E-state index contributed by atoms with van der Waals surface area (Å²) in [4.78, 5) is 39.4. The molecule has 182 valence electrons. The molecule has 35 heavy (non-hydrogen) atoms. The Labute approximate surface area is 213 Å². The number of halogens is 2. The van der Waals surface area contributed by atoms with Crippen molar-refractivity contribution in [2.24, 2.45) is 0 Å². The fourth-order valence-electron chi connectivity index (χ4n) is 4.89. The first-order chi connectivity index (χ1) is 16.7. The number of carbonyl (C=O) groups excluding carboxylic acids is 2. The molecule has 0 saturated carbocycles. The number of fused-ring (bicyclic) bond motifs is 3. The number of hydrogen-bond donors (Lipinski definition) is 0. The number of nitrogens with zero attached hydrogens (tertiary/aromatic N) is 6. The van der Waals surface area contributed by atoms with Crippen LogP contribution in [0.25, 0.3) is 0 Å². The first kappa shape index (κ1) is 23.8. The number of carbonyl (C=O) groups is 2. The molecule has 3 aromatic rings. The maximum Gasteiger partial charge on any atom is 0.273 e. The van der Waals surface area contributed by atoms with Crippen molar-refractivity contribution in [3.63, 3.8) is 0 Å². The minimum Gasteiger partial charge on any atom is -0.331 e. The van der Waals surface area contributed by atoms with Gasteiger partial charge in [-0.2, -0.15) is 5.10 Å². The molecule has 10 heteroatoms. The van der Waals surface area contributed by atoms with Crippen LogP contribution < -0.4 is 0 Å². The third-order valence-corrected chi connectivity index (χ3v) is 7.70. The van der Waals surface area contributed by atoms with Crippen LogP contribution in [0, 0.1) is 6.92 Å². The van der Waals surface area contributed by atoms with E-state index in [9.17, 15) is 9.59 Å². The predicted octanol–water partition coefficient (Wildman–Crippen LogP) is 4.65. The highest BCUT2D eigenvalue weighted by Gasteiger charge is 2.40. The zero-order valence-electron chi connectivity index (χ0n) is 20.0. The highest BCUT2D eigenvalue weighted by Crippen LogP contribution is 2.35. The Bertz CT molecular complexity index is 1320. The Hall–Kier alpha value is -2.97. The SMILES string of the molecule is Cc1ncc([C@H](C)N2C[C@@H](C)n3nc4c(c3C2=O)CN(C(=O)c2ccc(Cl)c(Cl)c2)[C@H](C)C4)cn1. The van der Waals surface area contributed by atoms with Crippen LogP contribution >= 0.6 is 23.2 Å². The normalized spacial score (nSPS) is 20.5. The predicted molar refractivity (Wildman–Crippen MR) is 133 cm³/mol. The maximum absolute atomic E-state index is 13.8. The first-order valence-electron chi connectivity index (χ1n) is 11.6. The summed E-state index contributed by atoms with van der Waals surface area (Å²) in [5.74, 6) is 0.439. The molecule has 0 aliphatic carbocycles. The third-order valence-electron chi connectivity index (χ3n) is 6.96. The van der Waals surface area contributed by atoms with Gasteiger partial charge in [0.15, 0.2) is 0 Å². The second-order valence-corrected chi connectivity index (χ2v) is 10.2. The lowest BCUT2D eigenvalue weighted by molar-refractivity contribution is 0.0573. The Morgan fingerprint density at radius 3 is 2.51 bits per heavy atom. The van der Waals surface area contributed by atoms with E-state index in [1.54, 1.807) is 35.5 Å². The van der Waals surface area contributed by atoms with E-state index in [-0.39, 0.29) is 29.9 Å². The molecule has 0 spiro atoms. The molecule has 0 saturated heterocycles. The Kier molecular flexibility index (Phi) is 6.05. The zero-order valence-corrected chi connectivity index (χ0v) is 21.5. The molecule has 0 bridgehead atoms. The van der Waals surface area contributed by atoms with E-state index >= 15 is 0 Å². The van der Waals surface area contributed by atoms with Crippen molar-refractivity contribution in [2.75, 3.05) is 6.54 Å². The van der Waals surface area contributed by atoms with E-state index in [0.717, 1.165) is 16.8 Å². The van der Waals surface area contributed by atoms with Crippen molar-refractivity contribution in [3.8, 4) is 0 Å². The van der Waals surface area contributed by atoms with E-state index < -0.39 is 0 Å². The molecule has 2 aromatic heterocycles. The van der Waals surface area contributed by atoms with Crippen molar-refractivity contribution < 1.29 is 9.59 Å². The fraction of sp³-hybridized carbons (Fsp3) is 0.400. The second kappa shape index (κ2) is 8.91. The molecule has 8 nitrogen and oxygen atoms in total. The van der Waals surface area contributed by atoms with Crippen LogP contribution in [0.15, 0.2) is 30.6 Å². The molecular weight excluding hydrogens is 487 g/mol. The molecule has 4 heterocycles. The van der Waals surface area contributed by atoms with E-state index in [2.05, 4.69) is 16.9 Å². The molecule has 0 unspecified atom stereocenters. The average molecular weight is 513 g/mol. The highest BCUT2D eigenvalue weighted by molar-refractivity contribution is 6.42. The topological polar surface area (TPSA) is 84.2 Å². The van der Waals surface area contributed by atoms with Gasteiger partial charge in [-0.3, -0.25) is 14.3 Å².